The molecule has 1 aromatic heterocycles. The van der Waals surface area contributed by atoms with E-state index in [-0.39, 0.29) is 22.6 Å². The topological polar surface area (TPSA) is 93.6 Å². The van der Waals surface area contributed by atoms with Crippen molar-refractivity contribution in [2.75, 3.05) is 11.5 Å². The van der Waals surface area contributed by atoms with E-state index in [1.807, 2.05) is 0 Å². The van der Waals surface area contributed by atoms with Crippen LogP contribution in [-0.2, 0) is 0 Å². The van der Waals surface area contributed by atoms with Crippen molar-refractivity contribution in [3.63, 3.8) is 0 Å². The molecule has 0 spiro atoms. The molecule has 0 aliphatic rings. The molecule has 1 heterocycles. The molecule has 80 valence electrons. The molecule has 6 heteroatoms. The fourth-order valence-corrected chi connectivity index (χ4v) is 1.39. The minimum absolute atomic E-state index is 0.00144. The van der Waals surface area contributed by atoms with E-state index >= 15 is 0 Å². The third-order valence-electron chi connectivity index (χ3n) is 2.16. The Balaban J connectivity index is 2.79. The average molecular weight is 217 g/mol. The monoisotopic (exact) mass is 217 g/mol. The first-order valence-electron chi connectivity index (χ1n) is 4.42. The predicted molar refractivity (Wildman–Crippen MR) is 57.1 cm³/mol. The van der Waals surface area contributed by atoms with Gasteiger partial charge in [0.1, 0.15) is 11.8 Å². The van der Waals surface area contributed by atoms with E-state index in [0.29, 0.717) is 0 Å². The summed E-state index contributed by atoms with van der Waals surface area (Å²) in [6, 6.07) is 4.54. The summed E-state index contributed by atoms with van der Waals surface area (Å²) in [7, 11) is 0. The van der Waals surface area contributed by atoms with Crippen molar-refractivity contribution >= 4 is 11.4 Å². The van der Waals surface area contributed by atoms with Gasteiger partial charge in [0.15, 0.2) is 5.82 Å². The number of hydrogen-bond donors (Lipinski definition) is 2. The molecule has 0 aliphatic carbocycles. The average Bonchev–Trinajstić information content (AvgIpc) is 2.77. The third kappa shape index (κ3) is 1.35. The first kappa shape index (κ1) is 9.98. The maximum atomic E-state index is 13.9. The Bertz CT molecular complexity index is 568. The van der Waals surface area contributed by atoms with E-state index in [9.17, 15) is 4.39 Å². The first-order valence-corrected chi connectivity index (χ1v) is 4.42. The van der Waals surface area contributed by atoms with Crippen molar-refractivity contribution < 1.29 is 4.39 Å². The van der Waals surface area contributed by atoms with Gasteiger partial charge in [0.05, 0.1) is 16.9 Å². The van der Waals surface area contributed by atoms with E-state index in [1.165, 1.54) is 23.1 Å². The van der Waals surface area contributed by atoms with Crippen LogP contribution in [0, 0.1) is 17.1 Å². The van der Waals surface area contributed by atoms with Crippen LogP contribution in [0.3, 0.4) is 0 Å². The van der Waals surface area contributed by atoms with Gasteiger partial charge in [-0.05, 0) is 12.1 Å². The lowest BCUT2D eigenvalue weighted by molar-refractivity contribution is 0.608. The van der Waals surface area contributed by atoms with Gasteiger partial charge < -0.3 is 11.5 Å². The number of nitrogens with zero attached hydrogens (tertiary/aromatic N) is 3. The van der Waals surface area contributed by atoms with Crippen molar-refractivity contribution in [1.82, 2.24) is 9.78 Å². The highest BCUT2D eigenvalue weighted by Gasteiger charge is 2.16. The number of nitrogens with two attached hydrogens (primary N) is 2. The Morgan fingerprint density at radius 2 is 2.19 bits per heavy atom. The van der Waals surface area contributed by atoms with Gasteiger partial charge in [0.2, 0.25) is 0 Å². The number of hydrogen-bond acceptors (Lipinski definition) is 4. The molecule has 5 nitrogen and oxygen atoms in total. The van der Waals surface area contributed by atoms with Crippen molar-refractivity contribution in [2.24, 2.45) is 0 Å². The van der Waals surface area contributed by atoms with Crippen molar-refractivity contribution in [1.29, 1.82) is 5.26 Å². The molecular formula is C10H8FN5. The minimum Gasteiger partial charge on any atom is -0.397 e. The van der Waals surface area contributed by atoms with E-state index in [0.717, 1.165) is 0 Å². The first-order chi connectivity index (χ1) is 7.65. The molecular weight excluding hydrogens is 209 g/mol. The number of benzene rings is 1. The highest BCUT2D eigenvalue weighted by molar-refractivity contribution is 5.76. The van der Waals surface area contributed by atoms with Crippen LogP contribution < -0.4 is 11.5 Å². The van der Waals surface area contributed by atoms with E-state index in [4.69, 9.17) is 16.7 Å². The molecule has 0 atom stereocenters. The molecule has 0 saturated carbocycles. The van der Waals surface area contributed by atoms with Crippen LogP contribution >= 0.6 is 0 Å². The summed E-state index contributed by atoms with van der Waals surface area (Å²) in [6.07, 6.45) is 3.00. The number of nitrogen functional groups attached to an aromatic ring is 2. The summed E-state index contributed by atoms with van der Waals surface area (Å²) < 4.78 is 15.1. The SMILES string of the molecule is N#Cc1cc(N)c(N)c(-n2cccn2)c1F. The molecule has 16 heavy (non-hydrogen) atoms. The van der Waals surface area contributed by atoms with Crippen LogP contribution in [0.25, 0.3) is 5.69 Å². The second-order valence-electron chi connectivity index (χ2n) is 3.15. The fraction of sp³-hybridized carbons (Fsp3) is 0. The third-order valence-corrected chi connectivity index (χ3v) is 2.16. The van der Waals surface area contributed by atoms with E-state index < -0.39 is 5.82 Å². The highest BCUT2D eigenvalue weighted by Crippen LogP contribution is 2.28. The zero-order valence-electron chi connectivity index (χ0n) is 8.18. The number of aromatic nitrogens is 2. The Hall–Kier alpha value is -2.55. The molecule has 0 radical (unpaired) electrons. The molecule has 2 rings (SSSR count). The zero-order valence-corrected chi connectivity index (χ0v) is 8.18. The molecule has 0 amide bonds. The molecule has 0 unspecified atom stereocenters. The second-order valence-corrected chi connectivity index (χ2v) is 3.15. The van der Waals surface area contributed by atoms with Gasteiger partial charge in [-0.25, -0.2) is 9.07 Å². The number of rotatable bonds is 1. The maximum absolute atomic E-state index is 13.9. The maximum Gasteiger partial charge on any atom is 0.168 e. The molecule has 0 bridgehead atoms. The number of anilines is 2. The predicted octanol–water partition coefficient (Wildman–Crippen LogP) is 1.05. The van der Waals surface area contributed by atoms with Crippen LogP contribution in [0.1, 0.15) is 5.56 Å². The second kappa shape index (κ2) is 3.55. The summed E-state index contributed by atoms with van der Waals surface area (Å²) in [5.74, 6) is -0.724. The minimum atomic E-state index is -0.724. The lowest BCUT2D eigenvalue weighted by Crippen LogP contribution is -2.08. The molecule has 2 aromatic rings. The van der Waals surface area contributed by atoms with Crippen molar-refractivity contribution in [2.45, 2.75) is 0 Å². The van der Waals surface area contributed by atoms with E-state index in [2.05, 4.69) is 5.10 Å². The van der Waals surface area contributed by atoms with Gasteiger partial charge in [0, 0.05) is 12.4 Å². The van der Waals surface area contributed by atoms with Crippen molar-refractivity contribution in [3.05, 3.63) is 35.9 Å². The van der Waals surface area contributed by atoms with Crippen LogP contribution in [0.2, 0.25) is 0 Å². The molecule has 0 aliphatic heterocycles. The van der Waals surface area contributed by atoms with Gasteiger partial charge in [-0.15, -0.1) is 0 Å². The normalized spacial score (nSPS) is 10.0. The van der Waals surface area contributed by atoms with Crippen LogP contribution in [-0.4, -0.2) is 9.78 Å². The standard InChI is InChI=1S/C10H8FN5/c11-8-6(5-12)4-7(13)9(14)10(8)16-3-1-2-15-16/h1-4H,13-14H2. The van der Waals surface area contributed by atoms with Gasteiger partial charge in [-0.3, -0.25) is 0 Å². The van der Waals surface area contributed by atoms with Gasteiger partial charge >= 0.3 is 0 Å². The number of nitriles is 1. The Morgan fingerprint density at radius 3 is 2.75 bits per heavy atom. The zero-order chi connectivity index (χ0) is 11.7. The molecule has 1 aromatic carbocycles. The Kier molecular flexibility index (Phi) is 2.21. The smallest absolute Gasteiger partial charge is 0.168 e. The number of halogens is 1. The van der Waals surface area contributed by atoms with E-state index in [1.54, 1.807) is 12.1 Å². The molecule has 0 saturated heterocycles. The largest absolute Gasteiger partial charge is 0.397 e. The Labute approximate surface area is 90.7 Å². The summed E-state index contributed by atoms with van der Waals surface area (Å²) in [6.45, 7) is 0. The van der Waals surface area contributed by atoms with Gasteiger partial charge in [0.25, 0.3) is 0 Å². The summed E-state index contributed by atoms with van der Waals surface area (Å²) in [4.78, 5) is 0. The van der Waals surface area contributed by atoms with Gasteiger partial charge in [-0.2, -0.15) is 10.4 Å². The lowest BCUT2D eigenvalue weighted by Gasteiger charge is -2.10. The fourth-order valence-electron chi connectivity index (χ4n) is 1.39. The molecule has 4 N–H and O–H groups in total. The Morgan fingerprint density at radius 1 is 1.44 bits per heavy atom. The highest BCUT2D eigenvalue weighted by atomic mass is 19.1. The summed E-state index contributed by atoms with van der Waals surface area (Å²) in [5.41, 5.74) is 11.3. The quantitative estimate of drug-likeness (QED) is 0.698. The van der Waals surface area contributed by atoms with Crippen LogP contribution in [0.5, 0.6) is 0 Å². The summed E-state index contributed by atoms with van der Waals surface area (Å²) in [5, 5.41) is 12.6. The molecule has 0 fully saturated rings. The van der Waals surface area contributed by atoms with Crippen LogP contribution in [0.15, 0.2) is 24.5 Å². The summed E-state index contributed by atoms with van der Waals surface area (Å²) >= 11 is 0. The van der Waals surface area contributed by atoms with Crippen LogP contribution in [0.4, 0.5) is 15.8 Å². The van der Waals surface area contributed by atoms with Gasteiger partial charge in [-0.1, -0.05) is 0 Å². The van der Waals surface area contributed by atoms with Crippen molar-refractivity contribution in [3.8, 4) is 11.8 Å². The lowest BCUT2D eigenvalue weighted by atomic mass is 10.1.